The highest BCUT2D eigenvalue weighted by Gasteiger charge is 2.08. The SMILES string of the molecule is Cc1nnc(-c2ccc(CC(=O)NCCOCCOCCN(CCOCCOCCOCCN=[N+]=[N-])CCOCCOCCOCCN=[N+]=[N-])cc2)nn1. The first-order valence-corrected chi connectivity index (χ1v) is 17.9. The number of ether oxygens (including phenoxy) is 8. The van der Waals surface area contributed by atoms with E-state index in [1.807, 2.05) is 24.3 Å². The maximum absolute atomic E-state index is 12.3. The zero-order chi connectivity index (χ0) is 38.6. The van der Waals surface area contributed by atoms with Crippen LogP contribution in [0.15, 0.2) is 34.5 Å². The number of aromatic nitrogens is 4. The maximum Gasteiger partial charge on any atom is 0.224 e. The van der Waals surface area contributed by atoms with E-state index < -0.39 is 0 Å². The van der Waals surface area contributed by atoms with Gasteiger partial charge >= 0.3 is 0 Å². The van der Waals surface area contributed by atoms with E-state index in [1.165, 1.54) is 0 Å². The standard InChI is InChI=1S/C33H54N12O9/c1-29-39-41-33(42-40-29)31-4-2-30(3-5-31)28-32(46)36-6-12-47-18-21-50-15-9-45(10-16-51-22-26-53-24-19-48-13-7-37-43-34)11-17-52-23-27-54-25-20-49-14-8-38-44-35/h2-5H,6-28H2,1H3,(H,36,46). The summed E-state index contributed by atoms with van der Waals surface area (Å²) in [6, 6.07) is 7.40. The third-order valence-electron chi connectivity index (χ3n) is 7.04. The Labute approximate surface area is 315 Å². The molecule has 1 amide bonds. The molecule has 0 unspecified atom stereocenters. The van der Waals surface area contributed by atoms with Gasteiger partial charge in [0.25, 0.3) is 0 Å². The predicted molar refractivity (Wildman–Crippen MR) is 196 cm³/mol. The lowest BCUT2D eigenvalue weighted by molar-refractivity contribution is -0.120. The molecule has 2 rings (SSSR count). The Morgan fingerprint density at radius 2 is 1.02 bits per heavy atom. The molecule has 0 aliphatic carbocycles. The van der Waals surface area contributed by atoms with E-state index in [4.69, 9.17) is 49.0 Å². The fourth-order valence-corrected chi connectivity index (χ4v) is 4.30. The summed E-state index contributed by atoms with van der Waals surface area (Å²) in [5, 5.41) is 25.6. The van der Waals surface area contributed by atoms with E-state index in [0.717, 1.165) is 11.1 Å². The largest absolute Gasteiger partial charge is 0.379 e. The second kappa shape index (κ2) is 33.5. The fourth-order valence-electron chi connectivity index (χ4n) is 4.30. The quantitative estimate of drug-likeness (QED) is 0.0451. The van der Waals surface area contributed by atoms with Crippen LogP contribution in [0.25, 0.3) is 32.3 Å². The van der Waals surface area contributed by atoms with E-state index in [9.17, 15) is 4.79 Å². The van der Waals surface area contributed by atoms with Gasteiger partial charge in [-0.05, 0) is 23.5 Å². The van der Waals surface area contributed by atoms with Gasteiger partial charge in [-0.15, -0.1) is 20.4 Å². The van der Waals surface area contributed by atoms with E-state index in [-0.39, 0.29) is 12.3 Å². The monoisotopic (exact) mass is 762 g/mol. The summed E-state index contributed by atoms with van der Waals surface area (Å²) in [7, 11) is 0. The van der Waals surface area contributed by atoms with E-state index in [0.29, 0.717) is 157 Å². The molecule has 0 saturated heterocycles. The summed E-state index contributed by atoms with van der Waals surface area (Å²) in [4.78, 5) is 19.9. The van der Waals surface area contributed by atoms with Gasteiger partial charge < -0.3 is 43.2 Å². The molecule has 21 nitrogen and oxygen atoms in total. The molecule has 0 fully saturated rings. The average Bonchev–Trinajstić information content (AvgIpc) is 3.18. The van der Waals surface area contributed by atoms with Crippen LogP contribution >= 0.6 is 0 Å². The summed E-state index contributed by atoms with van der Waals surface area (Å²) in [5.41, 5.74) is 18.1. The van der Waals surface area contributed by atoms with Gasteiger partial charge in [0.05, 0.1) is 112 Å². The third kappa shape index (κ3) is 25.8. The molecule has 0 saturated carbocycles. The molecular formula is C33H54N12O9. The number of nitrogens with zero attached hydrogens (tertiary/aromatic N) is 11. The first-order valence-electron chi connectivity index (χ1n) is 17.9. The number of azide groups is 2. The van der Waals surface area contributed by atoms with Crippen LogP contribution in [0.4, 0.5) is 0 Å². The lowest BCUT2D eigenvalue weighted by Crippen LogP contribution is -2.34. The third-order valence-corrected chi connectivity index (χ3v) is 7.04. The van der Waals surface area contributed by atoms with Crippen molar-refractivity contribution < 1.29 is 42.7 Å². The molecule has 0 radical (unpaired) electrons. The number of benzene rings is 1. The zero-order valence-corrected chi connectivity index (χ0v) is 31.2. The number of carbonyl (C=O) groups is 1. The van der Waals surface area contributed by atoms with Crippen molar-refractivity contribution in [2.24, 2.45) is 10.2 Å². The van der Waals surface area contributed by atoms with Crippen LogP contribution in [0.3, 0.4) is 0 Å². The first kappa shape index (κ1) is 46.0. The molecule has 1 heterocycles. The van der Waals surface area contributed by atoms with Crippen LogP contribution in [0.5, 0.6) is 0 Å². The van der Waals surface area contributed by atoms with E-state index in [1.54, 1.807) is 6.92 Å². The normalized spacial score (nSPS) is 11.0. The van der Waals surface area contributed by atoms with Crippen molar-refractivity contribution in [1.82, 2.24) is 30.6 Å². The van der Waals surface area contributed by atoms with Gasteiger partial charge in [0.15, 0.2) is 5.82 Å². The molecular weight excluding hydrogens is 708 g/mol. The van der Waals surface area contributed by atoms with Crippen molar-refractivity contribution in [3.63, 3.8) is 0 Å². The summed E-state index contributed by atoms with van der Waals surface area (Å²) in [5.74, 6) is 0.839. The summed E-state index contributed by atoms with van der Waals surface area (Å²) < 4.78 is 44.5. The maximum atomic E-state index is 12.3. The molecule has 1 aromatic carbocycles. The Balaban J connectivity index is 1.53. The molecule has 21 heteroatoms. The molecule has 54 heavy (non-hydrogen) atoms. The van der Waals surface area contributed by atoms with Gasteiger partial charge in [-0.1, -0.05) is 34.5 Å². The number of hydrogen-bond acceptors (Lipinski definition) is 16. The summed E-state index contributed by atoms with van der Waals surface area (Å²) >= 11 is 0. The lowest BCUT2D eigenvalue weighted by atomic mass is 10.1. The predicted octanol–water partition coefficient (Wildman–Crippen LogP) is 1.96. The van der Waals surface area contributed by atoms with Gasteiger partial charge in [0.1, 0.15) is 0 Å². The molecule has 0 aliphatic heterocycles. The minimum Gasteiger partial charge on any atom is -0.379 e. The number of rotatable bonds is 36. The molecule has 0 aliphatic rings. The molecule has 0 spiro atoms. The van der Waals surface area contributed by atoms with Crippen LogP contribution in [0, 0.1) is 6.92 Å². The van der Waals surface area contributed by atoms with Crippen LogP contribution in [-0.2, 0) is 49.1 Å². The first-order chi connectivity index (χ1) is 26.6. The smallest absolute Gasteiger partial charge is 0.224 e. The van der Waals surface area contributed by atoms with Crippen LogP contribution in [-0.4, -0.2) is 176 Å². The number of carbonyl (C=O) groups excluding carboxylic acids is 1. The number of aryl methyl sites for hydroxylation is 1. The van der Waals surface area contributed by atoms with E-state index >= 15 is 0 Å². The lowest BCUT2D eigenvalue weighted by Gasteiger charge is -2.22. The highest BCUT2D eigenvalue weighted by atomic mass is 16.6. The Hall–Kier alpha value is -4.11. The molecule has 1 aromatic heterocycles. The Bertz CT molecular complexity index is 1280. The summed E-state index contributed by atoms with van der Waals surface area (Å²) in [6.07, 6.45) is 0.248. The molecule has 0 bridgehead atoms. The highest BCUT2D eigenvalue weighted by Crippen LogP contribution is 2.14. The van der Waals surface area contributed by atoms with Crippen LogP contribution in [0.2, 0.25) is 0 Å². The van der Waals surface area contributed by atoms with Gasteiger partial charge in [-0.25, -0.2) is 0 Å². The number of nitrogens with one attached hydrogen (secondary N) is 1. The second-order valence-corrected chi connectivity index (χ2v) is 11.1. The topological polar surface area (TPSA) is 255 Å². The summed E-state index contributed by atoms with van der Waals surface area (Å²) in [6.45, 7) is 11.8. The fraction of sp³-hybridized carbons (Fsp3) is 0.727. The second-order valence-electron chi connectivity index (χ2n) is 11.1. The van der Waals surface area contributed by atoms with Crippen molar-refractivity contribution in [1.29, 1.82) is 0 Å². The van der Waals surface area contributed by atoms with E-state index in [2.05, 4.69) is 50.7 Å². The van der Waals surface area contributed by atoms with Crippen LogP contribution < -0.4 is 5.32 Å². The van der Waals surface area contributed by atoms with Crippen molar-refractivity contribution in [2.75, 3.05) is 145 Å². The zero-order valence-electron chi connectivity index (χ0n) is 31.2. The van der Waals surface area contributed by atoms with Crippen molar-refractivity contribution in [2.45, 2.75) is 13.3 Å². The molecule has 2 aromatic rings. The molecule has 0 atom stereocenters. The Morgan fingerprint density at radius 3 is 1.46 bits per heavy atom. The number of hydrogen-bond donors (Lipinski definition) is 1. The van der Waals surface area contributed by atoms with Gasteiger partial charge in [0, 0.05) is 54.7 Å². The Kier molecular flexibility index (Phi) is 28.5. The van der Waals surface area contributed by atoms with Gasteiger partial charge in [-0.2, -0.15) is 0 Å². The minimum absolute atomic E-state index is 0.0967. The van der Waals surface area contributed by atoms with Crippen molar-refractivity contribution in [3.05, 3.63) is 56.5 Å². The average molecular weight is 763 g/mol. The minimum atomic E-state index is -0.0967. The highest BCUT2D eigenvalue weighted by molar-refractivity contribution is 5.78. The van der Waals surface area contributed by atoms with Crippen molar-refractivity contribution >= 4 is 5.91 Å². The van der Waals surface area contributed by atoms with Crippen molar-refractivity contribution in [3.8, 4) is 11.4 Å². The van der Waals surface area contributed by atoms with Gasteiger partial charge in [-0.3, -0.25) is 9.69 Å². The molecule has 300 valence electrons. The molecule has 1 N–H and O–H groups in total. The Morgan fingerprint density at radius 1 is 0.611 bits per heavy atom. The number of amides is 1. The van der Waals surface area contributed by atoms with Crippen LogP contribution in [0.1, 0.15) is 11.4 Å². The van der Waals surface area contributed by atoms with Gasteiger partial charge in [0.2, 0.25) is 11.7 Å².